The van der Waals surface area contributed by atoms with Gasteiger partial charge in [0.15, 0.2) is 0 Å². The van der Waals surface area contributed by atoms with Crippen molar-refractivity contribution in [3.05, 3.63) is 65.5 Å². The van der Waals surface area contributed by atoms with Crippen molar-refractivity contribution in [2.75, 3.05) is 0 Å². The van der Waals surface area contributed by atoms with Crippen LogP contribution in [0.2, 0.25) is 0 Å². The minimum absolute atomic E-state index is 0.352. The zero-order chi connectivity index (χ0) is 13.0. The Kier molecular flexibility index (Phi) is 3.99. The first kappa shape index (κ1) is 12.6. The molecular formula is C14H14F2N2. The van der Waals surface area contributed by atoms with E-state index in [1.807, 2.05) is 12.1 Å². The minimum Gasteiger partial charge on any atom is -0.324 e. The molecular weight excluding hydrogens is 234 g/mol. The van der Waals surface area contributed by atoms with Gasteiger partial charge in [0, 0.05) is 30.1 Å². The molecule has 1 unspecified atom stereocenters. The average molecular weight is 248 g/mol. The second kappa shape index (κ2) is 5.69. The lowest BCUT2D eigenvalue weighted by molar-refractivity contribution is 0.543. The molecule has 0 radical (unpaired) electrons. The fourth-order valence-electron chi connectivity index (χ4n) is 1.83. The standard InChI is InChI=1S/C14H14F2N2/c15-11-2-3-12(13(16)9-11)14(17)4-1-10-5-7-18-8-6-10/h2-3,5-9,14H,1,4,17H2. The van der Waals surface area contributed by atoms with Crippen LogP contribution in [0.3, 0.4) is 0 Å². The topological polar surface area (TPSA) is 38.9 Å². The van der Waals surface area contributed by atoms with Crippen LogP contribution in [0.25, 0.3) is 0 Å². The Morgan fingerprint density at radius 2 is 1.83 bits per heavy atom. The third-order valence-corrected chi connectivity index (χ3v) is 2.86. The quantitative estimate of drug-likeness (QED) is 0.903. The number of hydrogen-bond donors (Lipinski definition) is 1. The van der Waals surface area contributed by atoms with E-state index < -0.39 is 17.7 Å². The maximum absolute atomic E-state index is 13.5. The lowest BCUT2D eigenvalue weighted by Gasteiger charge is -2.12. The summed E-state index contributed by atoms with van der Waals surface area (Å²) in [5, 5.41) is 0. The number of aromatic nitrogens is 1. The molecule has 1 heterocycles. The fraction of sp³-hybridized carbons (Fsp3) is 0.214. The first-order valence-corrected chi connectivity index (χ1v) is 5.76. The number of hydrogen-bond acceptors (Lipinski definition) is 2. The highest BCUT2D eigenvalue weighted by Crippen LogP contribution is 2.20. The molecule has 2 N–H and O–H groups in total. The van der Waals surface area contributed by atoms with Gasteiger partial charge in [-0.25, -0.2) is 8.78 Å². The van der Waals surface area contributed by atoms with Gasteiger partial charge in [0.25, 0.3) is 0 Å². The van der Waals surface area contributed by atoms with Gasteiger partial charge in [-0.2, -0.15) is 0 Å². The molecule has 2 rings (SSSR count). The summed E-state index contributed by atoms with van der Waals surface area (Å²) in [5.41, 5.74) is 7.37. The van der Waals surface area contributed by atoms with Gasteiger partial charge in [-0.15, -0.1) is 0 Å². The number of halogens is 2. The summed E-state index contributed by atoms with van der Waals surface area (Å²) < 4.78 is 26.3. The second-order valence-corrected chi connectivity index (χ2v) is 4.17. The molecule has 1 atom stereocenters. The maximum atomic E-state index is 13.5. The summed E-state index contributed by atoms with van der Waals surface area (Å²) in [6, 6.07) is 6.86. The van der Waals surface area contributed by atoms with Gasteiger partial charge in [0.1, 0.15) is 11.6 Å². The van der Waals surface area contributed by atoms with E-state index >= 15 is 0 Å². The van der Waals surface area contributed by atoms with E-state index in [1.54, 1.807) is 12.4 Å². The summed E-state index contributed by atoms with van der Waals surface area (Å²) in [6.45, 7) is 0. The van der Waals surface area contributed by atoms with Gasteiger partial charge in [0.2, 0.25) is 0 Å². The summed E-state index contributed by atoms with van der Waals surface area (Å²) in [6.07, 6.45) is 4.76. The lowest BCUT2D eigenvalue weighted by atomic mass is 10.00. The Morgan fingerprint density at radius 3 is 2.50 bits per heavy atom. The monoisotopic (exact) mass is 248 g/mol. The molecule has 0 aliphatic rings. The smallest absolute Gasteiger partial charge is 0.130 e. The third-order valence-electron chi connectivity index (χ3n) is 2.86. The van der Waals surface area contributed by atoms with Crippen LogP contribution in [-0.2, 0) is 6.42 Å². The molecule has 1 aromatic carbocycles. The van der Waals surface area contributed by atoms with Crippen LogP contribution in [0, 0.1) is 11.6 Å². The van der Waals surface area contributed by atoms with Gasteiger partial charge in [0.05, 0.1) is 0 Å². The fourth-order valence-corrected chi connectivity index (χ4v) is 1.83. The van der Waals surface area contributed by atoms with Gasteiger partial charge in [-0.3, -0.25) is 4.98 Å². The van der Waals surface area contributed by atoms with Crippen LogP contribution in [0.5, 0.6) is 0 Å². The van der Waals surface area contributed by atoms with Crippen LogP contribution in [0.4, 0.5) is 8.78 Å². The van der Waals surface area contributed by atoms with Crippen molar-refractivity contribution >= 4 is 0 Å². The van der Waals surface area contributed by atoms with Crippen LogP contribution in [0.1, 0.15) is 23.6 Å². The van der Waals surface area contributed by atoms with Gasteiger partial charge in [-0.05, 0) is 36.6 Å². The molecule has 0 aliphatic heterocycles. The molecule has 0 spiro atoms. The Morgan fingerprint density at radius 1 is 1.11 bits per heavy atom. The van der Waals surface area contributed by atoms with Crippen molar-refractivity contribution < 1.29 is 8.78 Å². The van der Waals surface area contributed by atoms with Crippen LogP contribution in [0.15, 0.2) is 42.7 Å². The molecule has 0 fully saturated rings. The second-order valence-electron chi connectivity index (χ2n) is 4.17. The molecule has 94 valence electrons. The third kappa shape index (κ3) is 3.11. The highest BCUT2D eigenvalue weighted by Gasteiger charge is 2.12. The molecule has 0 bridgehead atoms. The van der Waals surface area contributed by atoms with E-state index in [0.717, 1.165) is 18.1 Å². The first-order chi connectivity index (χ1) is 8.66. The van der Waals surface area contributed by atoms with Crippen molar-refractivity contribution in [1.82, 2.24) is 4.98 Å². The van der Waals surface area contributed by atoms with Crippen molar-refractivity contribution in [2.45, 2.75) is 18.9 Å². The van der Waals surface area contributed by atoms with Gasteiger partial charge in [-0.1, -0.05) is 6.07 Å². The van der Waals surface area contributed by atoms with E-state index in [9.17, 15) is 8.78 Å². The summed E-state index contributed by atoms with van der Waals surface area (Å²) in [5.74, 6) is -1.17. The molecule has 0 aliphatic carbocycles. The molecule has 0 amide bonds. The predicted octanol–water partition coefficient (Wildman–Crippen LogP) is 2.99. The lowest BCUT2D eigenvalue weighted by Crippen LogP contribution is -2.13. The van der Waals surface area contributed by atoms with Crippen molar-refractivity contribution in [3.63, 3.8) is 0 Å². The maximum Gasteiger partial charge on any atom is 0.130 e. The van der Waals surface area contributed by atoms with E-state index in [1.165, 1.54) is 12.1 Å². The van der Waals surface area contributed by atoms with E-state index in [2.05, 4.69) is 4.98 Å². The summed E-state index contributed by atoms with van der Waals surface area (Å²) >= 11 is 0. The number of rotatable bonds is 4. The zero-order valence-corrected chi connectivity index (χ0v) is 9.81. The Balaban J connectivity index is 2.01. The number of nitrogens with zero attached hydrogens (tertiary/aromatic N) is 1. The Labute approximate surface area is 104 Å². The van der Waals surface area contributed by atoms with E-state index in [-0.39, 0.29) is 0 Å². The van der Waals surface area contributed by atoms with Crippen molar-refractivity contribution in [3.8, 4) is 0 Å². The minimum atomic E-state index is -0.586. The first-order valence-electron chi connectivity index (χ1n) is 5.76. The largest absolute Gasteiger partial charge is 0.324 e. The van der Waals surface area contributed by atoms with Crippen molar-refractivity contribution in [1.29, 1.82) is 0 Å². The van der Waals surface area contributed by atoms with Crippen LogP contribution >= 0.6 is 0 Å². The SMILES string of the molecule is NC(CCc1ccncc1)c1ccc(F)cc1F. The number of pyridine rings is 1. The highest BCUT2D eigenvalue weighted by atomic mass is 19.1. The summed E-state index contributed by atoms with van der Waals surface area (Å²) in [7, 11) is 0. The molecule has 0 saturated carbocycles. The average Bonchev–Trinajstić information content (AvgIpc) is 2.37. The molecule has 1 aromatic heterocycles. The number of aryl methyl sites for hydroxylation is 1. The predicted molar refractivity (Wildman–Crippen MR) is 65.8 cm³/mol. The van der Waals surface area contributed by atoms with Crippen LogP contribution < -0.4 is 5.73 Å². The van der Waals surface area contributed by atoms with Gasteiger partial charge >= 0.3 is 0 Å². The zero-order valence-electron chi connectivity index (χ0n) is 9.81. The number of benzene rings is 1. The Hall–Kier alpha value is -1.81. The van der Waals surface area contributed by atoms with Gasteiger partial charge < -0.3 is 5.73 Å². The molecule has 2 nitrogen and oxygen atoms in total. The Bertz CT molecular complexity index is 514. The van der Waals surface area contributed by atoms with E-state index in [0.29, 0.717) is 12.0 Å². The molecule has 0 saturated heterocycles. The molecule has 18 heavy (non-hydrogen) atoms. The van der Waals surface area contributed by atoms with Crippen LogP contribution in [-0.4, -0.2) is 4.98 Å². The molecule has 2 aromatic rings. The highest BCUT2D eigenvalue weighted by molar-refractivity contribution is 5.22. The van der Waals surface area contributed by atoms with Crippen molar-refractivity contribution in [2.24, 2.45) is 5.73 Å². The van der Waals surface area contributed by atoms with E-state index in [4.69, 9.17) is 5.73 Å². The molecule has 4 heteroatoms. The number of nitrogens with two attached hydrogens (primary N) is 1. The summed E-state index contributed by atoms with van der Waals surface area (Å²) in [4.78, 5) is 3.92. The normalized spacial score (nSPS) is 12.4.